The molecule has 0 amide bonds. The van der Waals surface area contributed by atoms with Gasteiger partial charge in [0.1, 0.15) is 24.0 Å². The Morgan fingerprint density at radius 3 is 2.86 bits per heavy atom. The van der Waals surface area contributed by atoms with Crippen LogP contribution in [-0.2, 0) is 19.4 Å². The molecule has 0 saturated carbocycles. The Kier molecular flexibility index (Phi) is 3.70. The van der Waals surface area contributed by atoms with E-state index >= 15 is 0 Å². The Morgan fingerprint density at radius 2 is 2.14 bits per heavy atom. The fourth-order valence-electron chi connectivity index (χ4n) is 3.00. The van der Waals surface area contributed by atoms with Crippen molar-refractivity contribution in [3.05, 3.63) is 34.9 Å². The summed E-state index contributed by atoms with van der Waals surface area (Å²) < 4.78 is 22.0. The molecule has 2 aromatic rings. The standard InChI is InChI=1S/C17H21FN2O/c1-4-6-12-9-13-16(10-14(12)18)21-8-7-20-11(3)15(5-2)19-17(13)20/h9-10H,4-8H2,1-3H3. The van der Waals surface area contributed by atoms with Gasteiger partial charge in [0.15, 0.2) is 0 Å². The summed E-state index contributed by atoms with van der Waals surface area (Å²) in [5.41, 5.74) is 3.96. The summed E-state index contributed by atoms with van der Waals surface area (Å²) in [5, 5.41) is 0. The van der Waals surface area contributed by atoms with Crippen LogP contribution < -0.4 is 4.74 Å². The minimum atomic E-state index is -0.178. The molecular weight excluding hydrogens is 267 g/mol. The van der Waals surface area contributed by atoms with Crippen molar-refractivity contribution < 1.29 is 9.13 Å². The van der Waals surface area contributed by atoms with E-state index < -0.39 is 0 Å². The predicted octanol–water partition coefficient (Wildman–Crippen LogP) is 3.90. The quantitative estimate of drug-likeness (QED) is 0.856. The van der Waals surface area contributed by atoms with E-state index in [0.717, 1.165) is 48.5 Å². The van der Waals surface area contributed by atoms with Crippen LogP contribution >= 0.6 is 0 Å². The number of nitrogens with zero attached hydrogens (tertiary/aromatic N) is 2. The number of imidazole rings is 1. The van der Waals surface area contributed by atoms with E-state index in [1.54, 1.807) is 0 Å². The summed E-state index contributed by atoms with van der Waals surface area (Å²) in [6.45, 7) is 7.57. The molecular formula is C17H21FN2O. The van der Waals surface area contributed by atoms with E-state index in [4.69, 9.17) is 9.72 Å². The lowest BCUT2D eigenvalue weighted by Crippen LogP contribution is -2.07. The van der Waals surface area contributed by atoms with Gasteiger partial charge in [0.05, 0.1) is 17.8 Å². The van der Waals surface area contributed by atoms with Crippen molar-refractivity contribution in [1.29, 1.82) is 0 Å². The maximum Gasteiger partial charge on any atom is 0.144 e. The largest absolute Gasteiger partial charge is 0.491 e. The van der Waals surface area contributed by atoms with Crippen LogP contribution in [0.3, 0.4) is 0 Å². The zero-order chi connectivity index (χ0) is 15.0. The molecule has 0 spiro atoms. The third-order valence-corrected chi connectivity index (χ3v) is 4.14. The minimum absolute atomic E-state index is 0.178. The van der Waals surface area contributed by atoms with Crippen molar-refractivity contribution in [2.24, 2.45) is 0 Å². The van der Waals surface area contributed by atoms with Gasteiger partial charge in [-0.3, -0.25) is 0 Å². The third-order valence-electron chi connectivity index (χ3n) is 4.14. The lowest BCUT2D eigenvalue weighted by atomic mass is 10.0. The number of rotatable bonds is 3. The highest BCUT2D eigenvalue weighted by molar-refractivity contribution is 5.67. The molecule has 1 aliphatic rings. The van der Waals surface area contributed by atoms with E-state index in [1.807, 2.05) is 6.07 Å². The van der Waals surface area contributed by atoms with Gasteiger partial charge in [-0.1, -0.05) is 20.3 Å². The van der Waals surface area contributed by atoms with Gasteiger partial charge < -0.3 is 9.30 Å². The molecule has 0 unspecified atom stereocenters. The Labute approximate surface area is 124 Å². The van der Waals surface area contributed by atoms with Gasteiger partial charge in [-0.15, -0.1) is 0 Å². The van der Waals surface area contributed by atoms with Crippen LogP contribution in [-0.4, -0.2) is 16.2 Å². The Balaban J connectivity index is 2.20. The van der Waals surface area contributed by atoms with E-state index in [2.05, 4.69) is 25.3 Å². The smallest absolute Gasteiger partial charge is 0.144 e. The molecule has 0 aliphatic carbocycles. The Morgan fingerprint density at radius 1 is 1.33 bits per heavy atom. The summed E-state index contributed by atoms with van der Waals surface area (Å²) in [6.07, 6.45) is 2.56. The second-order valence-corrected chi connectivity index (χ2v) is 5.51. The zero-order valence-corrected chi connectivity index (χ0v) is 12.9. The molecule has 0 bridgehead atoms. The average molecular weight is 288 g/mol. The summed E-state index contributed by atoms with van der Waals surface area (Å²) in [4.78, 5) is 4.76. The average Bonchev–Trinajstić information content (AvgIpc) is 2.68. The van der Waals surface area contributed by atoms with E-state index in [9.17, 15) is 4.39 Å². The first-order valence-corrected chi connectivity index (χ1v) is 7.67. The molecule has 0 saturated heterocycles. The highest BCUT2D eigenvalue weighted by Gasteiger charge is 2.22. The van der Waals surface area contributed by atoms with Crippen molar-refractivity contribution in [2.45, 2.75) is 46.6 Å². The van der Waals surface area contributed by atoms with Crippen LogP contribution in [0.2, 0.25) is 0 Å². The number of fused-ring (bicyclic) bond motifs is 3. The van der Waals surface area contributed by atoms with Crippen LogP contribution in [0.25, 0.3) is 11.4 Å². The SMILES string of the molecule is CCCc1cc2c(cc1F)OCCn1c-2nc(CC)c1C. The van der Waals surface area contributed by atoms with Crippen molar-refractivity contribution in [3.63, 3.8) is 0 Å². The van der Waals surface area contributed by atoms with E-state index in [-0.39, 0.29) is 5.82 Å². The van der Waals surface area contributed by atoms with Gasteiger partial charge in [0.2, 0.25) is 0 Å². The molecule has 3 rings (SSSR count). The number of hydrogen-bond donors (Lipinski definition) is 0. The summed E-state index contributed by atoms with van der Waals surface area (Å²) >= 11 is 0. The van der Waals surface area contributed by atoms with Crippen LogP contribution in [0.5, 0.6) is 5.75 Å². The topological polar surface area (TPSA) is 27.1 Å². The fourth-order valence-corrected chi connectivity index (χ4v) is 3.00. The molecule has 1 aromatic carbocycles. The molecule has 4 heteroatoms. The Bertz CT molecular complexity index is 676. The number of hydrogen-bond acceptors (Lipinski definition) is 2. The van der Waals surface area contributed by atoms with Crippen molar-refractivity contribution in [1.82, 2.24) is 9.55 Å². The molecule has 1 aliphatic heterocycles. The van der Waals surface area contributed by atoms with Crippen molar-refractivity contribution in [2.75, 3.05) is 6.61 Å². The first-order chi connectivity index (χ1) is 10.2. The minimum Gasteiger partial charge on any atom is -0.491 e. The number of aromatic nitrogens is 2. The normalized spacial score (nSPS) is 13.3. The lowest BCUT2D eigenvalue weighted by Gasteiger charge is -2.10. The van der Waals surface area contributed by atoms with Gasteiger partial charge in [-0.2, -0.15) is 0 Å². The fraction of sp³-hybridized carbons (Fsp3) is 0.471. The van der Waals surface area contributed by atoms with Crippen molar-refractivity contribution >= 4 is 0 Å². The van der Waals surface area contributed by atoms with Gasteiger partial charge in [-0.25, -0.2) is 9.37 Å². The second-order valence-electron chi connectivity index (χ2n) is 5.51. The molecule has 2 heterocycles. The predicted molar refractivity (Wildman–Crippen MR) is 81.2 cm³/mol. The zero-order valence-electron chi connectivity index (χ0n) is 12.9. The van der Waals surface area contributed by atoms with Gasteiger partial charge in [0, 0.05) is 11.8 Å². The molecule has 0 N–H and O–H groups in total. The number of halogens is 1. The van der Waals surface area contributed by atoms with Crippen LogP contribution in [0.15, 0.2) is 12.1 Å². The molecule has 0 fully saturated rings. The van der Waals surface area contributed by atoms with E-state index in [0.29, 0.717) is 12.4 Å². The highest BCUT2D eigenvalue weighted by Crippen LogP contribution is 2.35. The van der Waals surface area contributed by atoms with Crippen LogP contribution in [0, 0.1) is 12.7 Å². The maximum absolute atomic E-state index is 14.1. The summed E-state index contributed by atoms with van der Waals surface area (Å²) in [5.74, 6) is 1.34. The van der Waals surface area contributed by atoms with Gasteiger partial charge in [0.25, 0.3) is 0 Å². The third kappa shape index (κ3) is 2.33. The van der Waals surface area contributed by atoms with Crippen LogP contribution in [0.1, 0.15) is 37.2 Å². The number of benzene rings is 1. The monoisotopic (exact) mass is 288 g/mol. The van der Waals surface area contributed by atoms with Crippen LogP contribution in [0.4, 0.5) is 4.39 Å². The van der Waals surface area contributed by atoms with Gasteiger partial charge in [-0.05, 0) is 31.4 Å². The maximum atomic E-state index is 14.1. The van der Waals surface area contributed by atoms with Gasteiger partial charge >= 0.3 is 0 Å². The molecule has 3 nitrogen and oxygen atoms in total. The molecule has 1 aromatic heterocycles. The molecule has 0 atom stereocenters. The first-order valence-electron chi connectivity index (χ1n) is 7.67. The van der Waals surface area contributed by atoms with E-state index in [1.165, 1.54) is 11.8 Å². The summed E-state index contributed by atoms with van der Waals surface area (Å²) in [6, 6.07) is 3.43. The first kappa shape index (κ1) is 14.1. The molecule has 21 heavy (non-hydrogen) atoms. The number of aryl methyl sites for hydroxylation is 2. The molecule has 112 valence electrons. The highest BCUT2D eigenvalue weighted by atomic mass is 19.1. The Hall–Kier alpha value is -1.84. The number of ether oxygens (including phenoxy) is 1. The van der Waals surface area contributed by atoms with Crippen molar-refractivity contribution in [3.8, 4) is 17.1 Å². The molecule has 0 radical (unpaired) electrons. The lowest BCUT2D eigenvalue weighted by molar-refractivity contribution is 0.304. The second kappa shape index (κ2) is 5.51. The summed E-state index contributed by atoms with van der Waals surface area (Å²) in [7, 11) is 0.